The van der Waals surface area contributed by atoms with E-state index in [1.807, 2.05) is 53.1 Å². The van der Waals surface area contributed by atoms with E-state index in [0.29, 0.717) is 27.9 Å². The Morgan fingerprint density at radius 2 is 1.92 bits per heavy atom. The number of nitrogens with one attached hydrogen (secondary N) is 1. The van der Waals surface area contributed by atoms with Crippen LogP contribution in [0.3, 0.4) is 0 Å². The molecule has 5 nitrogen and oxygen atoms in total. The number of fused-ring (bicyclic) bond motifs is 1. The molecule has 0 aliphatic carbocycles. The molecule has 0 aliphatic heterocycles. The largest absolute Gasteiger partial charge is 0.507 e. The van der Waals surface area contributed by atoms with Crippen LogP contribution in [0.4, 0.5) is 11.5 Å². The fourth-order valence-electron chi connectivity index (χ4n) is 2.57. The second-order valence-electron chi connectivity index (χ2n) is 5.25. The maximum absolute atomic E-state index is 10.2. The summed E-state index contributed by atoms with van der Waals surface area (Å²) in [5.74, 6) is 1.41. The van der Waals surface area contributed by atoms with Crippen molar-refractivity contribution in [2.45, 2.75) is 0 Å². The van der Waals surface area contributed by atoms with Crippen molar-refractivity contribution in [3.63, 3.8) is 0 Å². The number of nitrogens with zero attached hydrogens (tertiary/aromatic N) is 3. The molecule has 2 aromatic carbocycles. The third-order valence-corrected chi connectivity index (χ3v) is 3.89. The SMILES string of the molecule is Oc1ccccc1-c1nc2ncccn2c1Nc1cccc(Cl)c1. The summed E-state index contributed by atoms with van der Waals surface area (Å²) in [5.41, 5.74) is 2.07. The van der Waals surface area contributed by atoms with Crippen molar-refractivity contribution in [3.05, 3.63) is 72.0 Å². The van der Waals surface area contributed by atoms with Gasteiger partial charge in [0.05, 0.1) is 0 Å². The number of halogens is 1. The zero-order chi connectivity index (χ0) is 16.5. The minimum absolute atomic E-state index is 0.162. The molecule has 2 aromatic heterocycles. The average Bonchev–Trinajstić information content (AvgIpc) is 2.94. The maximum Gasteiger partial charge on any atom is 0.235 e. The molecule has 2 heterocycles. The van der Waals surface area contributed by atoms with Crippen molar-refractivity contribution in [2.75, 3.05) is 5.32 Å². The summed E-state index contributed by atoms with van der Waals surface area (Å²) in [6, 6.07) is 16.3. The normalized spacial score (nSPS) is 10.9. The Balaban J connectivity index is 1.92. The summed E-state index contributed by atoms with van der Waals surface area (Å²) in [6.07, 6.45) is 3.55. The number of rotatable bonds is 3. The van der Waals surface area contributed by atoms with Gasteiger partial charge in [-0.2, -0.15) is 0 Å². The van der Waals surface area contributed by atoms with Crippen LogP contribution < -0.4 is 5.32 Å². The van der Waals surface area contributed by atoms with E-state index in [-0.39, 0.29) is 5.75 Å². The molecule has 4 rings (SSSR count). The van der Waals surface area contributed by atoms with Gasteiger partial charge in [0.25, 0.3) is 0 Å². The lowest BCUT2D eigenvalue weighted by molar-refractivity contribution is 0.477. The quantitative estimate of drug-likeness (QED) is 0.578. The molecule has 2 N–H and O–H groups in total. The molecular formula is C18H13ClN4O. The van der Waals surface area contributed by atoms with Crippen LogP contribution in [-0.2, 0) is 0 Å². The van der Waals surface area contributed by atoms with Crippen LogP contribution in [0.2, 0.25) is 5.02 Å². The zero-order valence-corrected chi connectivity index (χ0v) is 13.3. The lowest BCUT2D eigenvalue weighted by Crippen LogP contribution is -1.97. The average molecular weight is 337 g/mol. The first kappa shape index (κ1) is 14.5. The Bertz CT molecular complexity index is 1030. The second-order valence-corrected chi connectivity index (χ2v) is 5.69. The summed E-state index contributed by atoms with van der Waals surface area (Å²) >= 11 is 6.07. The molecule has 0 aliphatic rings. The number of phenols is 1. The van der Waals surface area contributed by atoms with Crippen LogP contribution in [0.1, 0.15) is 0 Å². The standard InChI is InChI=1S/C18H13ClN4O/c19-12-5-3-6-13(11-12)21-17-16(14-7-1-2-8-15(14)24)22-18-20-9-4-10-23(17)18/h1-11,21,24H. The van der Waals surface area contributed by atoms with E-state index in [1.54, 1.807) is 18.3 Å². The summed E-state index contributed by atoms with van der Waals surface area (Å²) in [4.78, 5) is 8.84. The molecule has 0 fully saturated rings. The summed E-state index contributed by atoms with van der Waals surface area (Å²) < 4.78 is 1.84. The van der Waals surface area contributed by atoms with Crippen LogP contribution in [0.15, 0.2) is 67.0 Å². The highest BCUT2D eigenvalue weighted by Crippen LogP contribution is 2.35. The first-order chi connectivity index (χ1) is 11.7. The van der Waals surface area contributed by atoms with Crippen molar-refractivity contribution in [1.82, 2.24) is 14.4 Å². The number of para-hydroxylation sites is 1. The lowest BCUT2D eigenvalue weighted by atomic mass is 10.1. The number of phenolic OH excluding ortho intramolecular Hbond substituents is 1. The monoisotopic (exact) mass is 336 g/mol. The Morgan fingerprint density at radius 3 is 2.75 bits per heavy atom. The maximum atomic E-state index is 10.2. The molecule has 118 valence electrons. The Hall–Kier alpha value is -3.05. The highest BCUT2D eigenvalue weighted by molar-refractivity contribution is 6.30. The Morgan fingerprint density at radius 1 is 1.04 bits per heavy atom. The number of benzene rings is 2. The first-order valence-corrected chi connectivity index (χ1v) is 7.74. The fraction of sp³-hybridized carbons (Fsp3) is 0. The van der Waals surface area contributed by atoms with E-state index < -0.39 is 0 Å². The zero-order valence-electron chi connectivity index (χ0n) is 12.5. The van der Waals surface area contributed by atoms with E-state index in [0.717, 1.165) is 5.69 Å². The molecule has 4 aromatic rings. The smallest absolute Gasteiger partial charge is 0.235 e. The third-order valence-electron chi connectivity index (χ3n) is 3.65. The topological polar surface area (TPSA) is 62.5 Å². The predicted molar refractivity (Wildman–Crippen MR) is 94.8 cm³/mol. The van der Waals surface area contributed by atoms with Crippen LogP contribution in [0.5, 0.6) is 5.75 Å². The number of aromatic hydroxyl groups is 1. The number of hydrogen-bond donors (Lipinski definition) is 2. The lowest BCUT2D eigenvalue weighted by Gasteiger charge is -2.09. The van der Waals surface area contributed by atoms with Gasteiger partial charge < -0.3 is 10.4 Å². The van der Waals surface area contributed by atoms with Gasteiger partial charge in [-0.1, -0.05) is 29.8 Å². The fourth-order valence-corrected chi connectivity index (χ4v) is 2.76. The van der Waals surface area contributed by atoms with Gasteiger partial charge in [0, 0.05) is 28.7 Å². The van der Waals surface area contributed by atoms with Gasteiger partial charge in [-0.3, -0.25) is 4.40 Å². The highest BCUT2D eigenvalue weighted by atomic mass is 35.5. The summed E-state index contributed by atoms with van der Waals surface area (Å²) in [6.45, 7) is 0. The van der Waals surface area contributed by atoms with Crippen LogP contribution in [0.25, 0.3) is 17.0 Å². The van der Waals surface area contributed by atoms with Gasteiger partial charge >= 0.3 is 0 Å². The van der Waals surface area contributed by atoms with Gasteiger partial charge in [-0.05, 0) is 36.4 Å². The molecular weight excluding hydrogens is 324 g/mol. The molecule has 0 bridgehead atoms. The van der Waals surface area contributed by atoms with Gasteiger partial charge in [0.2, 0.25) is 5.78 Å². The van der Waals surface area contributed by atoms with E-state index in [9.17, 15) is 5.11 Å². The molecule has 0 unspecified atom stereocenters. The van der Waals surface area contributed by atoms with Crippen molar-refractivity contribution >= 4 is 28.9 Å². The molecule has 0 spiro atoms. The molecule has 6 heteroatoms. The Labute approximate surface area is 143 Å². The van der Waals surface area contributed by atoms with Gasteiger partial charge in [-0.25, -0.2) is 9.97 Å². The van der Waals surface area contributed by atoms with Crippen LogP contribution in [-0.4, -0.2) is 19.5 Å². The van der Waals surface area contributed by atoms with Crippen molar-refractivity contribution < 1.29 is 5.11 Å². The van der Waals surface area contributed by atoms with Crippen molar-refractivity contribution in [3.8, 4) is 17.0 Å². The highest BCUT2D eigenvalue weighted by Gasteiger charge is 2.17. The minimum atomic E-state index is 0.162. The summed E-state index contributed by atoms with van der Waals surface area (Å²) in [5, 5.41) is 14.2. The van der Waals surface area contributed by atoms with Crippen molar-refractivity contribution in [1.29, 1.82) is 0 Å². The van der Waals surface area contributed by atoms with E-state index in [4.69, 9.17) is 11.6 Å². The first-order valence-electron chi connectivity index (χ1n) is 7.36. The van der Waals surface area contributed by atoms with E-state index in [2.05, 4.69) is 15.3 Å². The van der Waals surface area contributed by atoms with Crippen LogP contribution >= 0.6 is 11.6 Å². The molecule has 0 saturated heterocycles. The molecule has 24 heavy (non-hydrogen) atoms. The Kier molecular flexibility index (Phi) is 3.55. The second kappa shape index (κ2) is 5.86. The third kappa shape index (κ3) is 2.55. The van der Waals surface area contributed by atoms with Crippen molar-refractivity contribution in [2.24, 2.45) is 0 Å². The number of anilines is 2. The van der Waals surface area contributed by atoms with Gasteiger partial charge in [-0.15, -0.1) is 0 Å². The van der Waals surface area contributed by atoms with E-state index in [1.165, 1.54) is 0 Å². The predicted octanol–water partition coefficient (Wildman–Crippen LogP) is 4.50. The van der Waals surface area contributed by atoms with E-state index >= 15 is 0 Å². The molecule has 0 atom stereocenters. The molecule has 0 saturated carbocycles. The van der Waals surface area contributed by atoms with Gasteiger partial charge in [0.15, 0.2) is 0 Å². The summed E-state index contributed by atoms with van der Waals surface area (Å²) in [7, 11) is 0. The molecule has 0 radical (unpaired) electrons. The number of imidazole rings is 1. The minimum Gasteiger partial charge on any atom is -0.507 e. The van der Waals surface area contributed by atoms with Crippen LogP contribution in [0, 0.1) is 0 Å². The number of aromatic nitrogens is 3. The van der Waals surface area contributed by atoms with Gasteiger partial charge in [0.1, 0.15) is 17.3 Å². The number of hydrogen-bond acceptors (Lipinski definition) is 4. The molecule has 0 amide bonds.